The molecule has 0 bridgehead atoms. The summed E-state index contributed by atoms with van der Waals surface area (Å²) in [5.74, 6) is -0.994. The normalized spacial score (nSPS) is 11.8. The minimum atomic E-state index is -0.990. The molecule has 0 radical (unpaired) electrons. The number of rotatable bonds is 5. The van der Waals surface area contributed by atoms with E-state index in [0.717, 1.165) is 16.3 Å². The number of aromatic nitrogens is 2. The summed E-state index contributed by atoms with van der Waals surface area (Å²) in [6.45, 7) is 1.56. The number of hydrogen-bond donors (Lipinski definition) is 1. The van der Waals surface area contributed by atoms with Crippen molar-refractivity contribution in [1.82, 2.24) is 9.97 Å². The van der Waals surface area contributed by atoms with Gasteiger partial charge in [0.1, 0.15) is 0 Å². The highest BCUT2D eigenvalue weighted by Gasteiger charge is 2.22. The van der Waals surface area contributed by atoms with Gasteiger partial charge in [0.05, 0.1) is 16.8 Å². The number of nitrogens with one attached hydrogen (secondary N) is 1. The Kier molecular flexibility index (Phi) is 5.70. The monoisotopic (exact) mass is 447 g/mol. The second-order valence-electron chi connectivity index (χ2n) is 7.91. The van der Waals surface area contributed by atoms with Crippen LogP contribution in [0.4, 0.5) is 5.69 Å². The highest BCUT2D eigenvalue weighted by Crippen LogP contribution is 2.26. The van der Waals surface area contributed by atoms with Crippen LogP contribution in [0, 0.1) is 0 Å². The number of pyridine rings is 2. The van der Waals surface area contributed by atoms with E-state index in [4.69, 9.17) is 4.74 Å². The molecule has 0 fully saturated rings. The van der Waals surface area contributed by atoms with Crippen molar-refractivity contribution in [3.05, 3.63) is 103 Å². The van der Waals surface area contributed by atoms with Crippen molar-refractivity contribution in [1.29, 1.82) is 0 Å². The van der Waals surface area contributed by atoms with Gasteiger partial charge in [-0.05, 0) is 54.1 Å². The first-order valence-corrected chi connectivity index (χ1v) is 10.9. The molecule has 0 unspecified atom stereocenters. The quantitative estimate of drug-likeness (QED) is 0.353. The number of esters is 1. The van der Waals surface area contributed by atoms with E-state index in [2.05, 4.69) is 15.3 Å². The summed E-state index contributed by atoms with van der Waals surface area (Å²) >= 11 is 0. The standard InChI is InChI=1S/C28H21N3O3/c1-18(27(32)30-22-11-10-19-6-2-3-7-21(19)16-22)34-28(33)24-17-26(20-12-14-29-15-13-20)31-25-9-5-4-8-23(24)25/h2-18H,1H3,(H,30,32)/t18-/m0/s1. The maximum atomic E-state index is 13.1. The highest BCUT2D eigenvalue weighted by molar-refractivity contribution is 6.06. The summed E-state index contributed by atoms with van der Waals surface area (Å²) in [5, 5.41) is 5.58. The predicted octanol–water partition coefficient (Wildman–Crippen LogP) is 5.63. The lowest BCUT2D eigenvalue weighted by molar-refractivity contribution is -0.123. The molecule has 6 heteroatoms. The fraction of sp³-hybridized carbons (Fsp3) is 0.0714. The van der Waals surface area contributed by atoms with Gasteiger partial charge in [-0.1, -0.05) is 48.5 Å². The highest BCUT2D eigenvalue weighted by atomic mass is 16.5. The first-order valence-electron chi connectivity index (χ1n) is 10.9. The molecular weight excluding hydrogens is 426 g/mol. The second-order valence-corrected chi connectivity index (χ2v) is 7.91. The van der Waals surface area contributed by atoms with Crippen molar-refractivity contribution < 1.29 is 14.3 Å². The van der Waals surface area contributed by atoms with Crippen LogP contribution < -0.4 is 5.32 Å². The van der Waals surface area contributed by atoms with Crippen LogP contribution in [0.2, 0.25) is 0 Å². The molecule has 0 spiro atoms. The Morgan fingerprint density at radius 2 is 1.59 bits per heavy atom. The molecule has 1 amide bonds. The summed E-state index contributed by atoms with van der Waals surface area (Å²) in [6, 6.07) is 26.2. The van der Waals surface area contributed by atoms with E-state index >= 15 is 0 Å². The van der Waals surface area contributed by atoms with Crippen LogP contribution in [0.1, 0.15) is 17.3 Å². The smallest absolute Gasteiger partial charge is 0.339 e. The number of hydrogen-bond acceptors (Lipinski definition) is 5. The van der Waals surface area contributed by atoms with Crippen LogP contribution in [0.15, 0.2) is 97.3 Å². The summed E-state index contributed by atoms with van der Waals surface area (Å²) in [5.41, 5.74) is 3.11. The van der Waals surface area contributed by atoms with E-state index in [1.807, 2.05) is 78.9 Å². The van der Waals surface area contributed by atoms with E-state index in [1.165, 1.54) is 0 Å². The topological polar surface area (TPSA) is 81.2 Å². The van der Waals surface area contributed by atoms with Gasteiger partial charge in [-0.2, -0.15) is 0 Å². The molecule has 2 heterocycles. The van der Waals surface area contributed by atoms with E-state index < -0.39 is 18.0 Å². The Labute approximate surface area is 196 Å². The molecule has 2 aromatic heterocycles. The van der Waals surface area contributed by atoms with E-state index in [1.54, 1.807) is 25.4 Å². The molecule has 6 nitrogen and oxygen atoms in total. The van der Waals surface area contributed by atoms with Crippen molar-refractivity contribution >= 4 is 39.2 Å². The maximum absolute atomic E-state index is 13.1. The number of amides is 1. The fourth-order valence-corrected chi connectivity index (χ4v) is 3.80. The molecule has 0 aliphatic heterocycles. The SMILES string of the molecule is C[C@H](OC(=O)c1cc(-c2ccncc2)nc2ccccc12)C(=O)Nc1ccc2ccccc2c1. The number of benzene rings is 3. The summed E-state index contributed by atoms with van der Waals surface area (Å²) in [4.78, 5) is 34.6. The van der Waals surface area contributed by atoms with Gasteiger partial charge >= 0.3 is 5.97 Å². The molecule has 1 N–H and O–H groups in total. The van der Waals surface area contributed by atoms with Gasteiger partial charge in [-0.3, -0.25) is 9.78 Å². The number of ether oxygens (including phenoxy) is 1. The van der Waals surface area contributed by atoms with Crippen LogP contribution >= 0.6 is 0 Å². The third-order valence-corrected chi connectivity index (χ3v) is 5.58. The van der Waals surface area contributed by atoms with Crippen molar-refractivity contribution in [2.24, 2.45) is 0 Å². The number of nitrogens with zero attached hydrogens (tertiary/aromatic N) is 2. The first-order chi connectivity index (χ1) is 16.6. The van der Waals surface area contributed by atoms with Crippen LogP contribution in [0.5, 0.6) is 0 Å². The van der Waals surface area contributed by atoms with E-state index in [-0.39, 0.29) is 0 Å². The Balaban J connectivity index is 1.38. The lowest BCUT2D eigenvalue weighted by atomic mass is 10.0. The van der Waals surface area contributed by atoms with Crippen LogP contribution in [-0.2, 0) is 9.53 Å². The Hall–Kier alpha value is -4.58. The molecule has 1 atom stereocenters. The lowest BCUT2D eigenvalue weighted by Crippen LogP contribution is -2.30. The fourth-order valence-electron chi connectivity index (χ4n) is 3.80. The zero-order chi connectivity index (χ0) is 23.5. The van der Waals surface area contributed by atoms with Gasteiger partial charge in [0, 0.05) is 29.0 Å². The van der Waals surface area contributed by atoms with Gasteiger partial charge in [0.2, 0.25) is 0 Å². The molecule has 166 valence electrons. The summed E-state index contributed by atoms with van der Waals surface area (Å²) in [7, 11) is 0. The van der Waals surface area contributed by atoms with Gasteiger partial charge in [-0.25, -0.2) is 9.78 Å². The minimum Gasteiger partial charge on any atom is -0.449 e. The van der Waals surface area contributed by atoms with Gasteiger partial charge < -0.3 is 10.1 Å². The van der Waals surface area contributed by atoms with Crippen LogP contribution in [0.3, 0.4) is 0 Å². The van der Waals surface area contributed by atoms with E-state index in [9.17, 15) is 9.59 Å². The van der Waals surface area contributed by atoms with Crippen molar-refractivity contribution in [2.75, 3.05) is 5.32 Å². The van der Waals surface area contributed by atoms with Crippen LogP contribution in [-0.4, -0.2) is 27.9 Å². The van der Waals surface area contributed by atoms with Gasteiger partial charge in [0.15, 0.2) is 6.10 Å². The molecule has 5 rings (SSSR count). The zero-order valence-corrected chi connectivity index (χ0v) is 18.4. The number of carbonyl (C=O) groups is 2. The number of para-hydroxylation sites is 1. The van der Waals surface area contributed by atoms with Crippen molar-refractivity contribution in [3.8, 4) is 11.3 Å². The molecule has 0 saturated heterocycles. The Bertz CT molecular complexity index is 1520. The third kappa shape index (κ3) is 4.34. The molecule has 0 aliphatic carbocycles. The van der Waals surface area contributed by atoms with Gasteiger partial charge in [0.25, 0.3) is 5.91 Å². The lowest BCUT2D eigenvalue weighted by Gasteiger charge is -2.15. The molecular formula is C28H21N3O3. The summed E-state index contributed by atoms with van der Waals surface area (Å²) < 4.78 is 5.57. The molecule has 3 aromatic carbocycles. The zero-order valence-electron chi connectivity index (χ0n) is 18.4. The Morgan fingerprint density at radius 1 is 0.853 bits per heavy atom. The molecule has 0 saturated carbocycles. The molecule has 0 aliphatic rings. The maximum Gasteiger partial charge on any atom is 0.339 e. The second kappa shape index (κ2) is 9.11. The summed E-state index contributed by atoms with van der Waals surface area (Å²) in [6.07, 6.45) is 2.35. The average Bonchev–Trinajstić information content (AvgIpc) is 2.88. The van der Waals surface area contributed by atoms with Crippen molar-refractivity contribution in [3.63, 3.8) is 0 Å². The van der Waals surface area contributed by atoms with E-state index in [0.29, 0.717) is 27.8 Å². The average molecular weight is 447 g/mol. The molecule has 34 heavy (non-hydrogen) atoms. The first kappa shape index (κ1) is 21.3. The number of fused-ring (bicyclic) bond motifs is 2. The van der Waals surface area contributed by atoms with Gasteiger partial charge in [-0.15, -0.1) is 0 Å². The Morgan fingerprint density at radius 3 is 2.41 bits per heavy atom. The van der Waals surface area contributed by atoms with Crippen LogP contribution in [0.25, 0.3) is 32.9 Å². The third-order valence-electron chi connectivity index (χ3n) is 5.58. The number of carbonyl (C=O) groups excluding carboxylic acids is 2. The largest absolute Gasteiger partial charge is 0.449 e. The molecule has 5 aromatic rings. The minimum absolute atomic E-state index is 0.350. The van der Waals surface area contributed by atoms with Crippen molar-refractivity contribution in [2.45, 2.75) is 13.0 Å². The predicted molar refractivity (Wildman–Crippen MR) is 132 cm³/mol. The number of anilines is 1.